The van der Waals surface area contributed by atoms with Crippen molar-refractivity contribution in [1.29, 1.82) is 0 Å². The van der Waals surface area contributed by atoms with Crippen LogP contribution in [-0.2, 0) is 16.0 Å². The monoisotopic (exact) mass is 379 g/mol. The highest BCUT2D eigenvalue weighted by Crippen LogP contribution is 2.51. The van der Waals surface area contributed by atoms with E-state index in [1.807, 2.05) is 0 Å². The van der Waals surface area contributed by atoms with Crippen molar-refractivity contribution >= 4 is 17.6 Å². The van der Waals surface area contributed by atoms with Crippen molar-refractivity contribution in [2.75, 3.05) is 5.32 Å². The van der Waals surface area contributed by atoms with Gasteiger partial charge in [0.1, 0.15) is 5.75 Å². The van der Waals surface area contributed by atoms with Gasteiger partial charge in [0.25, 0.3) is 0 Å². The van der Waals surface area contributed by atoms with E-state index < -0.39 is 18.2 Å². The molecule has 2 unspecified atom stereocenters. The highest BCUT2D eigenvalue weighted by Gasteiger charge is 2.46. The first-order valence-electron chi connectivity index (χ1n) is 8.19. The Morgan fingerprint density at radius 1 is 1.11 bits per heavy atom. The lowest BCUT2D eigenvalue weighted by Gasteiger charge is -2.13. The van der Waals surface area contributed by atoms with Crippen LogP contribution in [-0.4, -0.2) is 23.3 Å². The standard InChI is InChI=1S/C19H16F3NO4/c20-19(21,22)27-16-4-2-1-3-13(16)14-10-15(14)18(26)23-12-7-5-11(6-8-12)9-17(24)25/h1-8,14-15H,9-10H2,(H,23,26)(H,24,25). The molecule has 0 aliphatic heterocycles. The van der Waals surface area contributed by atoms with Crippen molar-refractivity contribution in [2.45, 2.75) is 25.1 Å². The molecule has 1 aliphatic rings. The lowest BCUT2D eigenvalue weighted by molar-refractivity contribution is -0.274. The molecule has 0 bridgehead atoms. The molecule has 0 saturated heterocycles. The summed E-state index contributed by atoms with van der Waals surface area (Å²) in [5.41, 5.74) is 1.45. The molecule has 27 heavy (non-hydrogen) atoms. The summed E-state index contributed by atoms with van der Waals surface area (Å²) in [6.07, 6.45) is -4.48. The number of aliphatic carboxylic acids is 1. The molecule has 142 valence electrons. The fourth-order valence-corrected chi connectivity index (χ4v) is 2.95. The maximum absolute atomic E-state index is 12.5. The number of carboxylic acid groups (broad SMARTS) is 1. The maximum Gasteiger partial charge on any atom is 0.573 e. The molecule has 0 radical (unpaired) electrons. The molecule has 0 aromatic heterocycles. The van der Waals surface area contributed by atoms with E-state index >= 15 is 0 Å². The fraction of sp³-hybridized carbons (Fsp3) is 0.263. The first kappa shape index (κ1) is 18.8. The molecular formula is C19H16F3NO4. The Hall–Kier alpha value is -3.03. The summed E-state index contributed by atoms with van der Waals surface area (Å²) in [4.78, 5) is 23.0. The molecule has 0 spiro atoms. The highest BCUT2D eigenvalue weighted by atomic mass is 19.4. The Morgan fingerprint density at radius 2 is 1.78 bits per heavy atom. The third-order valence-corrected chi connectivity index (χ3v) is 4.25. The average Bonchev–Trinajstić information content (AvgIpc) is 3.36. The van der Waals surface area contributed by atoms with Crippen LogP contribution >= 0.6 is 0 Å². The summed E-state index contributed by atoms with van der Waals surface area (Å²) in [5.74, 6) is -2.32. The molecule has 0 heterocycles. The van der Waals surface area contributed by atoms with Crippen LogP contribution in [0.2, 0.25) is 0 Å². The largest absolute Gasteiger partial charge is 0.573 e. The summed E-state index contributed by atoms with van der Waals surface area (Å²) in [6.45, 7) is 0. The molecule has 2 aromatic carbocycles. The number of halogens is 3. The van der Waals surface area contributed by atoms with Crippen LogP contribution in [0.5, 0.6) is 5.75 Å². The summed E-state index contributed by atoms with van der Waals surface area (Å²) in [6, 6.07) is 12.2. The number of hydrogen-bond acceptors (Lipinski definition) is 3. The van der Waals surface area contributed by atoms with Crippen LogP contribution in [0.4, 0.5) is 18.9 Å². The minimum atomic E-state index is -4.79. The Balaban J connectivity index is 1.63. The van der Waals surface area contributed by atoms with Crippen LogP contribution < -0.4 is 10.1 Å². The second-order valence-corrected chi connectivity index (χ2v) is 6.29. The lowest BCUT2D eigenvalue weighted by Crippen LogP contribution is -2.18. The molecule has 1 amide bonds. The van der Waals surface area contributed by atoms with Crippen LogP contribution in [0.15, 0.2) is 48.5 Å². The van der Waals surface area contributed by atoms with Crippen LogP contribution in [0.1, 0.15) is 23.5 Å². The zero-order valence-electron chi connectivity index (χ0n) is 14.0. The van der Waals surface area contributed by atoms with Gasteiger partial charge in [0, 0.05) is 11.6 Å². The normalized spacial score (nSPS) is 18.6. The highest BCUT2D eigenvalue weighted by molar-refractivity contribution is 5.95. The number of carbonyl (C=O) groups excluding carboxylic acids is 1. The van der Waals surface area contributed by atoms with Crippen LogP contribution in [0.25, 0.3) is 0 Å². The number of nitrogens with one attached hydrogen (secondary N) is 1. The molecule has 8 heteroatoms. The summed E-state index contributed by atoms with van der Waals surface area (Å²) >= 11 is 0. The number of para-hydroxylation sites is 1. The van der Waals surface area contributed by atoms with Crippen molar-refractivity contribution in [2.24, 2.45) is 5.92 Å². The van der Waals surface area contributed by atoms with Crippen molar-refractivity contribution in [3.63, 3.8) is 0 Å². The van der Waals surface area contributed by atoms with Gasteiger partial charge in [-0.15, -0.1) is 13.2 Å². The van der Waals surface area contributed by atoms with Gasteiger partial charge in [-0.2, -0.15) is 0 Å². The predicted molar refractivity (Wildman–Crippen MR) is 90.4 cm³/mol. The average molecular weight is 379 g/mol. The van der Waals surface area contributed by atoms with Crippen molar-refractivity contribution in [1.82, 2.24) is 0 Å². The second kappa shape index (κ2) is 7.30. The molecule has 5 nitrogen and oxygen atoms in total. The number of anilines is 1. The number of carbonyl (C=O) groups is 2. The molecule has 2 atom stereocenters. The number of carboxylic acids is 1. The van der Waals surface area contributed by atoms with Gasteiger partial charge in [-0.3, -0.25) is 9.59 Å². The number of rotatable bonds is 6. The molecule has 1 saturated carbocycles. The first-order valence-corrected chi connectivity index (χ1v) is 8.19. The van der Waals surface area contributed by atoms with E-state index in [2.05, 4.69) is 10.1 Å². The SMILES string of the molecule is O=C(O)Cc1ccc(NC(=O)C2CC2c2ccccc2OC(F)(F)F)cc1. The first-order chi connectivity index (χ1) is 12.7. The third-order valence-electron chi connectivity index (χ3n) is 4.25. The van der Waals surface area contributed by atoms with Gasteiger partial charge in [0.15, 0.2) is 0 Å². The van der Waals surface area contributed by atoms with Crippen LogP contribution in [0, 0.1) is 5.92 Å². The summed E-state index contributed by atoms with van der Waals surface area (Å²) < 4.78 is 41.6. The third kappa shape index (κ3) is 4.99. The fourth-order valence-electron chi connectivity index (χ4n) is 2.95. The van der Waals surface area contributed by atoms with Gasteiger partial charge in [-0.1, -0.05) is 30.3 Å². The summed E-state index contributed by atoms with van der Waals surface area (Å²) in [7, 11) is 0. The minimum absolute atomic E-state index is 0.116. The van der Waals surface area contributed by atoms with Gasteiger partial charge in [0.2, 0.25) is 5.91 Å². The quantitative estimate of drug-likeness (QED) is 0.797. The van der Waals surface area contributed by atoms with Gasteiger partial charge in [-0.25, -0.2) is 0 Å². The van der Waals surface area contributed by atoms with Gasteiger partial charge in [0.05, 0.1) is 6.42 Å². The van der Waals surface area contributed by atoms with Gasteiger partial charge in [-0.05, 0) is 41.7 Å². The summed E-state index contributed by atoms with van der Waals surface area (Å²) in [5, 5.41) is 11.4. The number of ether oxygens (including phenoxy) is 1. The van der Waals surface area contributed by atoms with Crippen LogP contribution in [0.3, 0.4) is 0 Å². The number of benzene rings is 2. The van der Waals surface area contributed by atoms with E-state index in [0.29, 0.717) is 23.2 Å². The van der Waals surface area contributed by atoms with Crippen molar-refractivity contribution in [3.8, 4) is 5.75 Å². The van der Waals surface area contributed by atoms with Crippen molar-refractivity contribution < 1.29 is 32.6 Å². The number of hydrogen-bond donors (Lipinski definition) is 2. The molecule has 2 N–H and O–H groups in total. The van der Waals surface area contributed by atoms with E-state index in [0.717, 1.165) is 0 Å². The Kier molecular flexibility index (Phi) is 5.07. The van der Waals surface area contributed by atoms with E-state index in [4.69, 9.17) is 5.11 Å². The van der Waals surface area contributed by atoms with E-state index in [-0.39, 0.29) is 24.0 Å². The molecule has 3 rings (SSSR count). The predicted octanol–water partition coefficient (Wildman–Crippen LogP) is 3.95. The van der Waals surface area contributed by atoms with E-state index in [9.17, 15) is 22.8 Å². The molecular weight excluding hydrogens is 363 g/mol. The van der Waals surface area contributed by atoms with E-state index in [1.54, 1.807) is 30.3 Å². The number of amides is 1. The Labute approximate surface area is 152 Å². The second-order valence-electron chi connectivity index (χ2n) is 6.29. The zero-order valence-corrected chi connectivity index (χ0v) is 14.0. The zero-order chi connectivity index (χ0) is 19.6. The molecule has 1 aliphatic carbocycles. The topological polar surface area (TPSA) is 75.6 Å². The molecule has 1 fully saturated rings. The van der Waals surface area contributed by atoms with Gasteiger partial charge < -0.3 is 15.2 Å². The minimum Gasteiger partial charge on any atom is -0.481 e. The van der Waals surface area contributed by atoms with Crippen molar-refractivity contribution in [3.05, 3.63) is 59.7 Å². The smallest absolute Gasteiger partial charge is 0.481 e. The van der Waals surface area contributed by atoms with Gasteiger partial charge >= 0.3 is 12.3 Å². The van der Waals surface area contributed by atoms with E-state index in [1.165, 1.54) is 18.2 Å². The maximum atomic E-state index is 12.5. The Morgan fingerprint density at radius 3 is 2.41 bits per heavy atom. The number of alkyl halides is 3. The lowest BCUT2D eigenvalue weighted by atomic mass is 10.1. The molecule has 2 aromatic rings. The Bertz CT molecular complexity index is 849.